The van der Waals surface area contributed by atoms with Crippen molar-refractivity contribution < 1.29 is 4.39 Å². The fourth-order valence-corrected chi connectivity index (χ4v) is 2.67. The summed E-state index contributed by atoms with van der Waals surface area (Å²) >= 11 is 0. The number of hydrogen-bond donors (Lipinski definition) is 2. The summed E-state index contributed by atoms with van der Waals surface area (Å²) in [5.74, 6) is 1.14. The molecule has 0 unspecified atom stereocenters. The van der Waals surface area contributed by atoms with Gasteiger partial charge in [-0.3, -0.25) is 0 Å². The first-order chi connectivity index (χ1) is 12.9. The van der Waals surface area contributed by atoms with Gasteiger partial charge in [0.25, 0.3) is 0 Å². The third-order valence-electron chi connectivity index (χ3n) is 3.92. The number of benzene rings is 2. The minimum absolute atomic E-state index is 0.138. The molecule has 0 fully saturated rings. The molecule has 0 bridgehead atoms. The second-order valence-corrected chi connectivity index (χ2v) is 7.51. The molecule has 1 heterocycles. The summed E-state index contributed by atoms with van der Waals surface area (Å²) in [6.45, 7) is 6.93. The molecule has 0 amide bonds. The predicted octanol–water partition coefficient (Wildman–Crippen LogP) is 5.15. The molecule has 0 aliphatic carbocycles. The molecular weight excluding hydrogens is 339 g/mol. The smallest absolute Gasteiger partial charge is 0.225 e. The van der Waals surface area contributed by atoms with Gasteiger partial charge in [0.15, 0.2) is 0 Å². The monoisotopic (exact) mass is 364 g/mol. The van der Waals surface area contributed by atoms with E-state index in [9.17, 15) is 4.39 Å². The summed E-state index contributed by atoms with van der Waals surface area (Å²) in [7, 11) is 0. The van der Waals surface area contributed by atoms with Crippen LogP contribution in [0.15, 0.2) is 60.7 Å². The summed E-state index contributed by atoms with van der Waals surface area (Å²) in [6, 6.07) is 18.6. The SMILES string of the molecule is CC(C)(C)Nc1nc(NCCc2ccc(F)cc2)cc(-c2ccccc2)n1. The third-order valence-corrected chi connectivity index (χ3v) is 3.92. The van der Waals surface area contributed by atoms with Crippen LogP contribution >= 0.6 is 0 Å². The molecule has 27 heavy (non-hydrogen) atoms. The minimum atomic E-state index is -0.215. The highest BCUT2D eigenvalue weighted by atomic mass is 19.1. The van der Waals surface area contributed by atoms with Crippen LogP contribution in [0.2, 0.25) is 0 Å². The molecule has 0 radical (unpaired) electrons. The van der Waals surface area contributed by atoms with Crippen molar-refractivity contribution in [3.05, 3.63) is 72.0 Å². The highest BCUT2D eigenvalue weighted by molar-refractivity contribution is 5.64. The molecule has 0 saturated heterocycles. The molecule has 4 nitrogen and oxygen atoms in total. The quantitative estimate of drug-likeness (QED) is 0.635. The van der Waals surface area contributed by atoms with Crippen LogP contribution < -0.4 is 10.6 Å². The number of anilines is 2. The van der Waals surface area contributed by atoms with Crippen LogP contribution in [0, 0.1) is 5.82 Å². The van der Waals surface area contributed by atoms with Crippen LogP contribution in [0.4, 0.5) is 16.2 Å². The zero-order chi connectivity index (χ0) is 19.3. The normalized spacial score (nSPS) is 11.3. The van der Waals surface area contributed by atoms with E-state index in [-0.39, 0.29) is 11.4 Å². The van der Waals surface area contributed by atoms with Gasteiger partial charge in [-0.2, -0.15) is 4.98 Å². The molecular formula is C22H25FN4. The van der Waals surface area contributed by atoms with E-state index in [2.05, 4.69) is 41.4 Å². The average molecular weight is 364 g/mol. The Morgan fingerprint density at radius 3 is 2.30 bits per heavy atom. The van der Waals surface area contributed by atoms with Crippen LogP contribution in [-0.4, -0.2) is 22.1 Å². The Bertz CT molecular complexity index is 871. The Morgan fingerprint density at radius 1 is 0.926 bits per heavy atom. The Labute approximate surface area is 159 Å². The summed E-state index contributed by atoms with van der Waals surface area (Å²) in [5.41, 5.74) is 2.84. The van der Waals surface area contributed by atoms with Gasteiger partial charge in [-0.05, 0) is 44.9 Å². The predicted molar refractivity (Wildman–Crippen MR) is 109 cm³/mol. The number of halogens is 1. The van der Waals surface area contributed by atoms with Gasteiger partial charge in [0.2, 0.25) is 5.95 Å². The minimum Gasteiger partial charge on any atom is -0.370 e. The standard InChI is InChI=1S/C22H25FN4/c1-22(2,3)27-21-25-19(17-7-5-4-6-8-17)15-20(26-21)24-14-13-16-9-11-18(23)12-10-16/h4-12,15H,13-14H2,1-3H3,(H2,24,25,26,27). The second kappa shape index (κ2) is 8.16. The highest BCUT2D eigenvalue weighted by Crippen LogP contribution is 2.22. The highest BCUT2D eigenvalue weighted by Gasteiger charge is 2.13. The Hall–Kier alpha value is -2.95. The van der Waals surface area contributed by atoms with Crippen LogP contribution in [0.1, 0.15) is 26.3 Å². The lowest BCUT2D eigenvalue weighted by Gasteiger charge is -2.21. The molecule has 2 aromatic carbocycles. The number of hydrogen-bond acceptors (Lipinski definition) is 4. The molecule has 0 aliphatic heterocycles. The lowest BCUT2D eigenvalue weighted by Crippen LogP contribution is -2.27. The van der Waals surface area contributed by atoms with E-state index in [1.165, 1.54) is 12.1 Å². The van der Waals surface area contributed by atoms with Gasteiger partial charge in [0.05, 0.1) is 5.69 Å². The van der Waals surface area contributed by atoms with Gasteiger partial charge in [0.1, 0.15) is 11.6 Å². The largest absolute Gasteiger partial charge is 0.370 e. The zero-order valence-corrected chi connectivity index (χ0v) is 16.0. The average Bonchev–Trinajstić information content (AvgIpc) is 2.62. The molecule has 0 aliphatic rings. The number of nitrogens with one attached hydrogen (secondary N) is 2. The molecule has 0 atom stereocenters. The molecule has 1 aromatic heterocycles. The van der Waals surface area contributed by atoms with Crippen LogP contribution in [0.5, 0.6) is 0 Å². The molecule has 140 valence electrons. The van der Waals surface area contributed by atoms with E-state index in [0.717, 1.165) is 29.1 Å². The molecule has 2 N–H and O–H groups in total. The van der Waals surface area contributed by atoms with Gasteiger partial charge in [-0.1, -0.05) is 42.5 Å². The number of aromatic nitrogens is 2. The van der Waals surface area contributed by atoms with E-state index in [1.807, 2.05) is 36.4 Å². The maximum absolute atomic E-state index is 13.0. The van der Waals surface area contributed by atoms with Gasteiger partial charge in [0, 0.05) is 23.7 Å². The number of nitrogens with zero attached hydrogens (tertiary/aromatic N) is 2. The van der Waals surface area contributed by atoms with Crippen molar-refractivity contribution >= 4 is 11.8 Å². The van der Waals surface area contributed by atoms with Crippen molar-refractivity contribution in [1.82, 2.24) is 9.97 Å². The van der Waals surface area contributed by atoms with E-state index in [0.29, 0.717) is 12.5 Å². The third kappa shape index (κ3) is 5.78. The fraction of sp³-hybridized carbons (Fsp3) is 0.273. The maximum atomic E-state index is 13.0. The first kappa shape index (κ1) is 18.8. The van der Waals surface area contributed by atoms with Gasteiger partial charge >= 0.3 is 0 Å². The van der Waals surface area contributed by atoms with Crippen molar-refractivity contribution in [3.8, 4) is 11.3 Å². The van der Waals surface area contributed by atoms with Crippen LogP contribution in [0.3, 0.4) is 0 Å². The molecule has 5 heteroatoms. The van der Waals surface area contributed by atoms with Crippen LogP contribution in [-0.2, 0) is 6.42 Å². The summed E-state index contributed by atoms with van der Waals surface area (Å²) in [6.07, 6.45) is 0.785. The van der Waals surface area contributed by atoms with E-state index >= 15 is 0 Å². The second-order valence-electron chi connectivity index (χ2n) is 7.51. The summed E-state index contributed by atoms with van der Waals surface area (Å²) in [5, 5.41) is 6.70. The van der Waals surface area contributed by atoms with Crippen molar-refractivity contribution in [1.29, 1.82) is 0 Å². The Balaban J connectivity index is 1.78. The topological polar surface area (TPSA) is 49.8 Å². The van der Waals surface area contributed by atoms with Gasteiger partial charge in [-0.25, -0.2) is 9.37 Å². The maximum Gasteiger partial charge on any atom is 0.225 e. The lowest BCUT2D eigenvalue weighted by molar-refractivity contribution is 0.626. The zero-order valence-electron chi connectivity index (χ0n) is 16.0. The molecule has 0 saturated carbocycles. The summed E-state index contributed by atoms with van der Waals surface area (Å²) < 4.78 is 13.0. The first-order valence-electron chi connectivity index (χ1n) is 9.10. The van der Waals surface area contributed by atoms with Gasteiger partial charge < -0.3 is 10.6 Å². The van der Waals surface area contributed by atoms with Crippen molar-refractivity contribution in [2.75, 3.05) is 17.2 Å². The van der Waals surface area contributed by atoms with Crippen LogP contribution in [0.25, 0.3) is 11.3 Å². The van der Waals surface area contributed by atoms with Gasteiger partial charge in [-0.15, -0.1) is 0 Å². The molecule has 3 rings (SSSR count). The van der Waals surface area contributed by atoms with E-state index in [1.54, 1.807) is 12.1 Å². The van der Waals surface area contributed by atoms with E-state index in [4.69, 9.17) is 0 Å². The van der Waals surface area contributed by atoms with Crippen molar-refractivity contribution in [3.63, 3.8) is 0 Å². The lowest BCUT2D eigenvalue weighted by atomic mass is 10.1. The first-order valence-corrected chi connectivity index (χ1v) is 9.10. The number of rotatable bonds is 6. The Morgan fingerprint density at radius 2 is 1.63 bits per heavy atom. The fourth-order valence-electron chi connectivity index (χ4n) is 2.67. The molecule has 0 spiro atoms. The summed E-state index contributed by atoms with van der Waals surface area (Å²) in [4.78, 5) is 9.26. The molecule has 3 aromatic rings. The van der Waals surface area contributed by atoms with E-state index < -0.39 is 0 Å². The van der Waals surface area contributed by atoms with Crippen molar-refractivity contribution in [2.24, 2.45) is 0 Å². The van der Waals surface area contributed by atoms with Crippen molar-refractivity contribution in [2.45, 2.75) is 32.7 Å². The Kier molecular flexibility index (Phi) is 5.69.